The molecule has 0 aliphatic rings. The molecule has 0 saturated carbocycles. The monoisotopic (exact) mass is 150 g/mol. The molecular weight excluding hydrogens is 136 g/mol. The van der Waals surface area contributed by atoms with Crippen molar-refractivity contribution >= 4 is 5.97 Å². The van der Waals surface area contributed by atoms with Gasteiger partial charge in [0.1, 0.15) is 0 Å². The van der Waals surface area contributed by atoms with Crippen molar-refractivity contribution in [1.82, 2.24) is 0 Å². The van der Waals surface area contributed by atoms with Gasteiger partial charge in [-0.2, -0.15) is 0 Å². The minimum Gasteiger partial charge on any atom is -0.481 e. The van der Waals surface area contributed by atoms with E-state index < -0.39 is 5.97 Å². The van der Waals surface area contributed by atoms with Gasteiger partial charge in [0.05, 0.1) is 0 Å². The molecule has 0 aromatic carbocycles. The predicted molar refractivity (Wildman–Crippen MR) is 36.6 cm³/mol. The summed E-state index contributed by atoms with van der Waals surface area (Å²) in [4.78, 5) is 9.00. The fourth-order valence-electron chi connectivity index (χ4n) is 0.0577. The number of carboxylic acid groups (broad SMARTS) is 1. The smallest absolute Gasteiger partial charge is 0.300 e. The third kappa shape index (κ3) is 26.3. The lowest BCUT2D eigenvalue weighted by molar-refractivity contribution is -0.134. The van der Waals surface area contributed by atoms with Crippen molar-refractivity contribution in [2.75, 3.05) is 13.2 Å². The van der Waals surface area contributed by atoms with Gasteiger partial charge in [-0.1, -0.05) is 6.92 Å². The minimum absolute atomic E-state index is 0.0463. The molecule has 0 atom stereocenters. The molecule has 0 rings (SSSR count). The SMILES string of the molecule is CC(=O)O.CC(CO)CO. The summed E-state index contributed by atoms with van der Waals surface area (Å²) < 4.78 is 0. The van der Waals surface area contributed by atoms with E-state index in [1.165, 1.54) is 0 Å². The summed E-state index contributed by atoms with van der Waals surface area (Å²) in [5, 5.41) is 23.8. The molecule has 0 unspecified atom stereocenters. The van der Waals surface area contributed by atoms with E-state index in [2.05, 4.69) is 0 Å². The molecular formula is C6H14O4. The first-order chi connectivity index (χ1) is 4.54. The van der Waals surface area contributed by atoms with E-state index in [1.807, 2.05) is 0 Å². The van der Waals surface area contributed by atoms with Gasteiger partial charge in [0.25, 0.3) is 5.97 Å². The summed E-state index contributed by atoms with van der Waals surface area (Å²) in [6.07, 6.45) is 0. The van der Waals surface area contributed by atoms with Gasteiger partial charge in [0.2, 0.25) is 0 Å². The van der Waals surface area contributed by atoms with Gasteiger partial charge in [0.15, 0.2) is 0 Å². The molecule has 0 spiro atoms. The summed E-state index contributed by atoms with van der Waals surface area (Å²) in [6, 6.07) is 0. The largest absolute Gasteiger partial charge is 0.481 e. The number of carbonyl (C=O) groups is 1. The molecule has 4 heteroatoms. The lowest BCUT2D eigenvalue weighted by Gasteiger charge is -1.97. The highest BCUT2D eigenvalue weighted by molar-refractivity contribution is 5.62. The van der Waals surface area contributed by atoms with E-state index in [-0.39, 0.29) is 19.1 Å². The molecule has 0 amide bonds. The van der Waals surface area contributed by atoms with Crippen molar-refractivity contribution in [3.63, 3.8) is 0 Å². The molecule has 0 aromatic rings. The van der Waals surface area contributed by atoms with Gasteiger partial charge in [-0.3, -0.25) is 4.79 Å². The van der Waals surface area contributed by atoms with E-state index in [9.17, 15) is 0 Å². The highest BCUT2D eigenvalue weighted by Gasteiger charge is 1.91. The Bertz CT molecular complexity index is 73.8. The zero-order valence-electron chi connectivity index (χ0n) is 6.24. The van der Waals surface area contributed by atoms with Crippen LogP contribution in [-0.4, -0.2) is 34.5 Å². The number of aliphatic hydroxyl groups excluding tert-OH is 2. The third-order valence-corrected chi connectivity index (χ3v) is 0.623. The Hall–Kier alpha value is -0.610. The van der Waals surface area contributed by atoms with Crippen LogP contribution in [0.4, 0.5) is 0 Å². The maximum atomic E-state index is 9.00. The van der Waals surface area contributed by atoms with Crippen LogP contribution in [0.1, 0.15) is 13.8 Å². The number of carboxylic acids is 1. The van der Waals surface area contributed by atoms with Crippen molar-refractivity contribution in [1.29, 1.82) is 0 Å². The molecule has 0 bridgehead atoms. The Morgan fingerprint density at radius 3 is 1.60 bits per heavy atom. The summed E-state index contributed by atoms with van der Waals surface area (Å²) in [6.45, 7) is 3.02. The third-order valence-electron chi connectivity index (χ3n) is 0.623. The Balaban J connectivity index is 0. The van der Waals surface area contributed by atoms with Crippen LogP contribution in [0.3, 0.4) is 0 Å². The van der Waals surface area contributed by atoms with Gasteiger partial charge in [-0.15, -0.1) is 0 Å². The molecule has 0 aliphatic carbocycles. The van der Waals surface area contributed by atoms with Crippen LogP contribution in [0.25, 0.3) is 0 Å². The summed E-state index contributed by atoms with van der Waals surface area (Å²) in [7, 11) is 0. The summed E-state index contributed by atoms with van der Waals surface area (Å²) in [5.41, 5.74) is 0. The van der Waals surface area contributed by atoms with Crippen LogP contribution in [0, 0.1) is 5.92 Å². The second-order valence-corrected chi connectivity index (χ2v) is 1.99. The molecule has 4 nitrogen and oxygen atoms in total. The van der Waals surface area contributed by atoms with Crippen LogP contribution in [0.2, 0.25) is 0 Å². The maximum absolute atomic E-state index is 9.00. The van der Waals surface area contributed by atoms with E-state index in [0.717, 1.165) is 6.92 Å². The number of aliphatic carboxylic acids is 1. The Labute approximate surface area is 60.1 Å². The highest BCUT2D eigenvalue weighted by atomic mass is 16.4. The van der Waals surface area contributed by atoms with Gasteiger partial charge in [0, 0.05) is 26.1 Å². The zero-order valence-corrected chi connectivity index (χ0v) is 6.24. The molecule has 10 heavy (non-hydrogen) atoms. The summed E-state index contributed by atoms with van der Waals surface area (Å²) in [5.74, 6) is -0.787. The first-order valence-corrected chi connectivity index (χ1v) is 2.95. The molecule has 0 aromatic heterocycles. The average Bonchev–Trinajstić information content (AvgIpc) is 1.85. The minimum atomic E-state index is -0.833. The van der Waals surface area contributed by atoms with Crippen molar-refractivity contribution < 1.29 is 20.1 Å². The van der Waals surface area contributed by atoms with Gasteiger partial charge < -0.3 is 15.3 Å². The highest BCUT2D eigenvalue weighted by Crippen LogP contribution is 1.85. The Morgan fingerprint density at radius 1 is 1.40 bits per heavy atom. The van der Waals surface area contributed by atoms with Crippen LogP contribution in [0.15, 0.2) is 0 Å². The average molecular weight is 150 g/mol. The predicted octanol–water partition coefficient (Wildman–Crippen LogP) is -0.302. The number of hydrogen-bond acceptors (Lipinski definition) is 3. The molecule has 0 radical (unpaired) electrons. The van der Waals surface area contributed by atoms with E-state index in [4.69, 9.17) is 20.1 Å². The van der Waals surface area contributed by atoms with E-state index >= 15 is 0 Å². The van der Waals surface area contributed by atoms with E-state index in [1.54, 1.807) is 6.92 Å². The normalized spacial score (nSPS) is 8.50. The van der Waals surface area contributed by atoms with Crippen molar-refractivity contribution in [2.45, 2.75) is 13.8 Å². The first kappa shape index (κ1) is 12.1. The van der Waals surface area contributed by atoms with Crippen LogP contribution in [-0.2, 0) is 4.79 Å². The van der Waals surface area contributed by atoms with Crippen LogP contribution >= 0.6 is 0 Å². The fraction of sp³-hybridized carbons (Fsp3) is 0.833. The number of rotatable bonds is 2. The van der Waals surface area contributed by atoms with Crippen molar-refractivity contribution in [3.05, 3.63) is 0 Å². The Morgan fingerprint density at radius 2 is 1.60 bits per heavy atom. The molecule has 62 valence electrons. The lowest BCUT2D eigenvalue weighted by Crippen LogP contribution is -2.04. The second-order valence-electron chi connectivity index (χ2n) is 1.99. The van der Waals surface area contributed by atoms with Gasteiger partial charge in [-0.05, 0) is 0 Å². The van der Waals surface area contributed by atoms with Crippen LogP contribution < -0.4 is 0 Å². The standard InChI is InChI=1S/C4H10O2.C2H4O2/c1-4(2-5)3-6;1-2(3)4/h4-6H,2-3H2,1H3;1H3,(H,3,4). The molecule has 0 aliphatic heterocycles. The van der Waals surface area contributed by atoms with Gasteiger partial charge in [-0.25, -0.2) is 0 Å². The van der Waals surface area contributed by atoms with Crippen LogP contribution in [0.5, 0.6) is 0 Å². The quantitative estimate of drug-likeness (QED) is 0.505. The number of hydrogen-bond donors (Lipinski definition) is 3. The van der Waals surface area contributed by atoms with Crippen molar-refractivity contribution in [2.24, 2.45) is 5.92 Å². The summed E-state index contributed by atoms with van der Waals surface area (Å²) >= 11 is 0. The second kappa shape index (κ2) is 8.39. The lowest BCUT2D eigenvalue weighted by atomic mass is 10.2. The van der Waals surface area contributed by atoms with Gasteiger partial charge >= 0.3 is 0 Å². The molecule has 3 N–H and O–H groups in total. The van der Waals surface area contributed by atoms with E-state index in [0.29, 0.717) is 0 Å². The topological polar surface area (TPSA) is 77.8 Å². The molecule has 0 heterocycles. The fourth-order valence-corrected chi connectivity index (χ4v) is 0.0577. The molecule has 0 saturated heterocycles. The number of aliphatic hydroxyl groups is 2. The zero-order chi connectivity index (χ0) is 8.57. The maximum Gasteiger partial charge on any atom is 0.300 e. The molecule has 0 fully saturated rings. The van der Waals surface area contributed by atoms with Crippen molar-refractivity contribution in [3.8, 4) is 0 Å². The first-order valence-electron chi connectivity index (χ1n) is 2.95. The Kier molecular flexibility index (Phi) is 10.2.